The Hall–Kier alpha value is -2.76. The first-order valence-electron chi connectivity index (χ1n) is 10.4. The van der Waals surface area contributed by atoms with Crippen molar-refractivity contribution in [3.05, 3.63) is 60.1 Å². The average Bonchev–Trinajstić information content (AvgIpc) is 3.23. The van der Waals surface area contributed by atoms with Crippen LogP contribution in [0.1, 0.15) is 44.9 Å². The van der Waals surface area contributed by atoms with E-state index in [-0.39, 0.29) is 24.5 Å². The summed E-state index contributed by atoms with van der Waals surface area (Å²) in [5.74, 6) is 0.645. The molecule has 0 aliphatic heterocycles. The molecule has 1 heterocycles. The smallest absolute Gasteiger partial charge is 0.318 e. The van der Waals surface area contributed by atoms with Gasteiger partial charge in [0.2, 0.25) is 5.91 Å². The standard InChI is InChI=1S/C23H33N3O3/c1-4-5-14-24-23(28)26(19(2)3)18-22(27)25(17-21-12-9-16-29-21)15-13-20-10-7-6-8-11-20/h6-12,16,19H,4-5,13-15,17-18H2,1-3H3,(H,24,28). The van der Waals surface area contributed by atoms with Gasteiger partial charge in [-0.05, 0) is 44.4 Å². The monoisotopic (exact) mass is 399 g/mol. The number of furan rings is 1. The van der Waals surface area contributed by atoms with Gasteiger partial charge in [-0.1, -0.05) is 43.7 Å². The molecule has 29 heavy (non-hydrogen) atoms. The molecule has 2 rings (SSSR count). The Morgan fingerprint density at radius 1 is 1.10 bits per heavy atom. The Morgan fingerprint density at radius 3 is 2.48 bits per heavy atom. The summed E-state index contributed by atoms with van der Waals surface area (Å²) in [6, 6.07) is 13.5. The van der Waals surface area contributed by atoms with Crippen LogP contribution in [0.3, 0.4) is 0 Å². The van der Waals surface area contributed by atoms with Crippen LogP contribution < -0.4 is 5.32 Å². The lowest BCUT2D eigenvalue weighted by Crippen LogP contribution is -2.49. The third kappa shape index (κ3) is 7.64. The van der Waals surface area contributed by atoms with Crippen LogP contribution in [0.5, 0.6) is 0 Å². The van der Waals surface area contributed by atoms with Gasteiger partial charge in [0.25, 0.3) is 0 Å². The highest BCUT2D eigenvalue weighted by Crippen LogP contribution is 2.10. The normalized spacial score (nSPS) is 10.8. The van der Waals surface area contributed by atoms with E-state index in [4.69, 9.17) is 4.42 Å². The molecule has 1 aromatic carbocycles. The van der Waals surface area contributed by atoms with Crippen LogP contribution in [0.15, 0.2) is 53.1 Å². The summed E-state index contributed by atoms with van der Waals surface area (Å²) in [4.78, 5) is 29.0. The zero-order chi connectivity index (χ0) is 21.1. The summed E-state index contributed by atoms with van der Waals surface area (Å²) in [7, 11) is 0. The van der Waals surface area contributed by atoms with Crippen LogP contribution in [0.2, 0.25) is 0 Å². The van der Waals surface area contributed by atoms with Crippen LogP contribution in [0, 0.1) is 0 Å². The van der Waals surface area contributed by atoms with Crippen LogP contribution in [0.25, 0.3) is 0 Å². The minimum atomic E-state index is -0.192. The molecule has 0 bridgehead atoms. The van der Waals surface area contributed by atoms with Crippen molar-refractivity contribution in [1.82, 2.24) is 15.1 Å². The van der Waals surface area contributed by atoms with E-state index in [0.29, 0.717) is 19.6 Å². The number of urea groups is 1. The number of hydrogen-bond donors (Lipinski definition) is 1. The van der Waals surface area contributed by atoms with E-state index < -0.39 is 0 Å². The van der Waals surface area contributed by atoms with Crippen molar-refractivity contribution < 1.29 is 14.0 Å². The zero-order valence-electron chi connectivity index (χ0n) is 17.8. The van der Waals surface area contributed by atoms with Crippen molar-refractivity contribution in [1.29, 1.82) is 0 Å². The van der Waals surface area contributed by atoms with E-state index in [1.54, 1.807) is 16.1 Å². The highest BCUT2D eigenvalue weighted by molar-refractivity contribution is 5.84. The molecule has 0 fully saturated rings. The number of hydrogen-bond acceptors (Lipinski definition) is 3. The second-order valence-corrected chi connectivity index (χ2v) is 7.44. The van der Waals surface area contributed by atoms with Gasteiger partial charge in [0.1, 0.15) is 12.3 Å². The molecule has 0 radical (unpaired) electrons. The maximum absolute atomic E-state index is 13.1. The molecule has 0 saturated carbocycles. The van der Waals surface area contributed by atoms with E-state index >= 15 is 0 Å². The molecule has 0 aliphatic rings. The van der Waals surface area contributed by atoms with Crippen LogP contribution in [-0.2, 0) is 17.8 Å². The molecule has 158 valence electrons. The first kappa shape index (κ1) is 22.5. The maximum atomic E-state index is 13.1. The fourth-order valence-corrected chi connectivity index (χ4v) is 3.00. The molecule has 1 aromatic heterocycles. The van der Waals surface area contributed by atoms with E-state index in [1.807, 2.05) is 44.2 Å². The van der Waals surface area contributed by atoms with E-state index in [0.717, 1.165) is 25.0 Å². The van der Waals surface area contributed by atoms with Gasteiger partial charge >= 0.3 is 6.03 Å². The molecule has 6 nitrogen and oxygen atoms in total. The first-order chi connectivity index (χ1) is 14.0. The summed E-state index contributed by atoms with van der Waals surface area (Å²) in [6.45, 7) is 7.55. The van der Waals surface area contributed by atoms with Gasteiger partial charge in [-0.3, -0.25) is 4.79 Å². The Kier molecular flexibility index (Phi) is 9.28. The molecule has 2 aromatic rings. The van der Waals surface area contributed by atoms with E-state index in [1.165, 1.54) is 5.56 Å². The van der Waals surface area contributed by atoms with Crippen LogP contribution in [-0.4, -0.2) is 47.4 Å². The number of amides is 3. The molecule has 0 saturated heterocycles. The molecule has 3 amide bonds. The Bertz CT molecular complexity index is 729. The molecule has 0 atom stereocenters. The Morgan fingerprint density at radius 2 is 1.86 bits per heavy atom. The van der Waals surface area contributed by atoms with Crippen molar-refractivity contribution >= 4 is 11.9 Å². The van der Waals surface area contributed by atoms with Gasteiger partial charge < -0.3 is 19.5 Å². The van der Waals surface area contributed by atoms with Crippen LogP contribution >= 0.6 is 0 Å². The largest absolute Gasteiger partial charge is 0.467 e. The second-order valence-electron chi connectivity index (χ2n) is 7.44. The van der Waals surface area contributed by atoms with Gasteiger partial charge in [-0.25, -0.2) is 4.79 Å². The highest BCUT2D eigenvalue weighted by Gasteiger charge is 2.23. The Balaban J connectivity index is 2.04. The van der Waals surface area contributed by atoms with Crippen molar-refractivity contribution in [3.8, 4) is 0 Å². The van der Waals surface area contributed by atoms with Gasteiger partial charge in [-0.15, -0.1) is 0 Å². The highest BCUT2D eigenvalue weighted by atomic mass is 16.3. The summed E-state index contributed by atoms with van der Waals surface area (Å²) in [5.41, 5.74) is 1.17. The minimum Gasteiger partial charge on any atom is -0.467 e. The molecular weight excluding hydrogens is 366 g/mol. The number of rotatable bonds is 11. The lowest BCUT2D eigenvalue weighted by molar-refractivity contribution is -0.133. The number of carbonyl (C=O) groups excluding carboxylic acids is 2. The number of nitrogens with zero attached hydrogens (tertiary/aromatic N) is 2. The third-order valence-corrected chi connectivity index (χ3v) is 4.79. The molecule has 0 spiro atoms. The van der Waals surface area contributed by atoms with Gasteiger partial charge in [0.15, 0.2) is 0 Å². The average molecular weight is 400 g/mol. The second kappa shape index (κ2) is 11.9. The molecule has 0 aliphatic carbocycles. The lowest BCUT2D eigenvalue weighted by Gasteiger charge is -2.30. The Labute approximate surface area is 173 Å². The van der Waals surface area contributed by atoms with Crippen molar-refractivity contribution in [2.24, 2.45) is 0 Å². The fourth-order valence-electron chi connectivity index (χ4n) is 3.00. The zero-order valence-corrected chi connectivity index (χ0v) is 17.8. The van der Waals surface area contributed by atoms with E-state index in [9.17, 15) is 9.59 Å². The summed E-state index contributed by atoms with van der Waals surface area (Å²) >= 11 is 0. The number of benzene rings is 1. The quantitative estimate of drug-likeness (QED) is 0.579. The van der Waals surface area contributed by atoms with E-state index in [2.05, 4.69) is 24.4 Å². The third-order valence-electron chi connectivity index (χ3n) is 4.79. The maximum Gasteiger partial charge on any atom is 0.318 e. The summed E-state index contributed by atoms with van der Waals surface area (Å²) in [6.07, 6.45) is 4.29. The summed E-state index contributed by atoms with van der Waals surface area (Å²) < 4.78 is 5.44. The van der Waals surface area contributed by atoms with Crippen molar-refractivity contribution in [2.45, 2.75) is 52.6 Å². The van der Waals surface area contributed by atoms with Crippen molar-refractivity contribution in [2.75, 3.05) is 19.6 Å². The van der Waals surface area contributed by atoms with Gasteiger partial charge in [0.05, 0.1) is 12.8 Å². The van der Waals surface area contributed by atoms with Crippen LogP contribution in [0.4, 0.5) is 4.79 Å². The molecular formula is C23H33N3O3. The fraction of sp³-hybridized carbons (Fsp3) is 0.478. The topological polar surface area (TPSA) is 65.8 Å². The SMILES string of the molecule is CCCCNC(=O)N(CC(=O)N(CCc1ccccc1)Cc1ccco1)C(C)C. The number of unbranched alkanes of at least 4 members (excludes halogenated alkanes) is 1. The van der Waals surface area contributed by atoms with Gasteiger partial charge in [-0.2, -0.15) is 0 Å². The molecule has 1 N–H and O–H groups in total. The number of nitrogens with one attached hydrogen (secondary N) is 1. The molecule has 0 unspecified atom stereocenters. The first-order valence-corrected chi connectivity index (χ1v) is 10.4. The molecule has 6 heteroatoms. The predicted octanol–water partition coefficient (Wildman–Crippen LogP) is 4.07. The van der Waals surface area contributed by atoms with Crippen molar-refractivity contribution in [3.63, 3.8) is 0 Å². The minimum absolute atomic E-state index is 0.0467. The summed E-state index contributed by atoms with van der Waals surface area (Å²) in [5, 5.41) is 2.91. The predicted molar refractivity (Wildman–Crippen MR) is 114 cm³/mol. The lowest BCUT2D eigenvalue weighted by atomic mass is 10.1. The van der Waals surface area contributed by atoms with Gasteiger partial charge in [0, 0.05) is 19.1 Å². The number of carbonyl (C=O) groups is 2.